The molecule has 1 aliphatic rings. The summed E-state index contributed by atoms with van der Waals surface area (Å²) in [4.78, 5) is 24.9. The third kappa shape index (κ3) is 1.90. The summed E-state index contributed by atoms with van der Waals surface area (Å²) in [6.07, 6.45) is 1.46. The van der Waals surface area contributed by atoms with Crippen LogP contribution >= 0.6 is 11.5 Å². The lowest BCUT2D eigenvalue weighted by Crippen LogP contribution is -2.41. The molecule has 0 bridgehead atoms. The number of hydrogen-bond acceptors (Lipinski definition) is 6. The van der Waals surface area contributed by atoms with Crippen molar-refractivity contribution in [2.24, 2.45) is 0 Å². The summed E-state index contributed by atoms with van der Waals surface area (Å²) in [6, 6.07) is -0.473. The van der Waals surface area contributed by atoms with Crippen LogP contribution in [0.1, 0.15) is 23.3 Å². The summed E-state index contributed by atoms with van der Waals surface area (Å²) < 4.78 is 8.30. The van der Waals surface area contributed by atoms with E-state index in [0.717, 1.165) is 18.0 Å². The number of hydrogen-bond donors (Lipinski definition) is 0. The molecule has 1 fully saturated rings. The van der Waals surface area contributed by atoms with Crippen molar-refractivity contribution in [2.75, 3.05) is 13.7 Å². The largest absolute Gasteiger partial charge is 0.467 e. The highest BCUT2D eigenvalue weighted by atomic mass is 32.1. The number of ether oxygens (including phenoxy) is 1. The predicted molar refractivity (Wildman–Crippen MR) is 56.0 cm³/mol. The predicted octanol–water partition coefficient (Wildman–Crippen LogP) is 0.316. The van der Waals surface area contributed by atoms with Crippen LogP contribution in [0, 0.1) is 0 Å². The normalized spacial score (nSPS) is 19.8. The summed E-state index contributed by atoms with van der Waals surface area (Å²) in [5.74, 6) is -0.615. The Morgan fingerprint density at radius 1 is 1.62 bits per heavy atom. The first-order chi connectivity index (χ1) is 7.74. The molecule has 7 heteroatoms. The zero-order chi connectivity index (χ0) is 11.5. The molecule has 1 unspecified atom stereocenters. The number of methoxy groups -OCH3 is 1. The van der Waals surface area contributed by atoms with Gasteiger partial charge in [0.25, 0.3) is 5.91 Å². The average molecular weight is 241 g/mol. The topological polar surface area (TPSA) is 72.4 Å². The molecule has 0 aliphatic carbocycles. The third-order valence-corrected chi connectivity index (χ3v) is 3.07. The van der Waals surface area contributed by atoms with Crippen molar-refractivity contribution in [3.8, 4) is 0 Å². The van der Waals surface area contributed by atoms with Crippen LogP contribution in [-0.4, -0.2) is 46.1 Å². The van der Waals surface area contributed by atoms with Crippen molar-refractivity contribution in [1.82, 2.24) is 14.5 Å². The van der Waals surface area contributed by atoms with E-state index in [1.54, 1.807) is 5.38 Å². The van der Waals surface area contributed by atoms with Gasteiger partial charge in [-0.15, -0.1) is 5.10 Å². The maximum atomic E-state index is 12.0. The molecular formula is C9H11N3O3S. The second kappa shape index (κ2) is 4.56. The van der Waals surface area contributed by atoms with E-state index in [-0.39, 0.29) is 11.9 Å². The highest BCUT2D eigenvalue weighted by molar-refractivity contribution is 7.03. The second-order valence-corrected chi connectivity index (χ2v) is 4.08. The van der Waals surface area contributed by atoms with Crippen molar-refractivity contribution in [1.29, 1.82) is 0 Å². The molecule has 0 spiro atoms. The van der Waals surface area contributed by atoms with Crippen LogP contribution in [-0.2, 0) is 9.53 Å². The minimum atomic E-state index is -0.473. The fourth-order valence-electron chi connectivity index (χ4n) is 1.80. The molecule has 1 atom stereocenters. The first-order valence-corrected chi connectivity index (χ1v) is 5.73. The molecule has 0 aromatic carbocycles. The van der Waals surface area contributed by atoms with Gasteiger partial charge in [0.1, 0.15) is 6.04 Å². The molecular weight excluding hydrogens is 230 g/mol. The van der Waals surface area contributed by atoms with E-state index in [1.165, 1.54) is 12.0 Å². The Labute approximate surface area is 96.4 Å². The van der Waals surface area contributed by atoms with Gasteiger partial charge in [-0.25, -0.2) is 4.79 Å². The van der Waals surface area contributed by atoms with E-state index in [2.05, 4.69) is 14.3 Å². The number of carbonyl (C=O) groups excluding carboxylic acids is 2. The van der Waals surface area contributed by atoms with E-state index in [0.29, 0.717) is 18.7 Å². The Bertz CT molecular complexity index is 393. The summed E-state index contributed by atoms with van der Waals surface area (Å²) in [5.41, 5.74) is 0.292. The molecule has 1 amide bonds. The second-order valence-electron chi connectivity index (χ2n) is 3.47. The standard InChI is InChI=1S/C9H11N3O3S/c1-15-9(14)7-3-2-4-12(7)8(13)6-5-16-11-10-6/h5,7H,2-4H2,1H3. The quantitative estimate of drug-likeness (QED) is 0.697. The van der Waals surface area contributed by atoms with E-state index in [4.69, 9.17) is 0 Å². The van der Waals surface area contributed by atoms with Crippen LogP contribution < -0.4 is 0 Å². The van der Waals surface area contributed by atoms with Crippen LogP contribution in [0.15, 0.2) is 5.38 Å². The molecule has 16 heavy (non-hydrogen) atoms. The minimum Gasteiger partial charge on any atom is -0.467 e. The lowest BCUT2D eigenvalue weighted by atomic mass is 10.2. The Morgan fingerprint density at radius 2 is 2.44 bits per heavy atom. The van der Waals surface area contributed by atoms with E-state index in [9.17, 15) is 9.59 Å². The smallest absolute Gasteiger partial charge is 0.328 e. The fourth-order valence-corrected chi connectivity index (χ4v) is 2.23. The van der Waals surface area contributed by atoms with Gasteiger partial charge in [0.05, 0.1) is 7.11 Å². The zero-order valence-electron chi connectivity index (χ0n) is 8.75. The number of amides is 1. The van der Waals surface area contributed by atoms with E-state index >= 15 is 0 Å². The van der Waals surface area contributed by atoms with Crippen molar-refractivity contribution in [2.45, 2.75) is 18.9 Å². The minimum absolute atomic E-state index is 0.248. The Kier molecular flexibility index (Phi) is 3.14. The van der Waals surface area contributed by atoms with Gasteiger partial charge >= 0.3 is 5.97 Å². The van der Waals surface area contributed by atoms with Crippen LogP contribution in [0.25, 0.3) is 0 Å². The van der Waals surface area contributed by atoms with E-state index < -0.39 is 6.04 Å². The Balaban J connectivity index is 2.14. The highest BCUT2D eigenvalue weighted by Crippen LogP contribution is 2.20. The zero-order valence-corrected chi connectivity index (χ0v) is 9.57. The Hall–Kier alpha value is -1.50. The van der Waals surface area contributed by atoms with Crippen molar-refractivity contribution in [3.05, 3.63) is 11.1 Å². The lowest BCUT2D eigenvalue weighted by Gasteiger charge is -2.21. The summed E-state index contributed by atoms with van der Waals surface area (Å²) in [5, 5.41) is 5.28. The molecule has 1 aromatic heterocycles. The van der Waals surface area contributed by atoms with Crippen LogP contribution in [0.2, 0.25) is 0 Å². The average Bonchev–Trinajstić information content (AvgIpc) is 2.97. The first-order valence-electron chi connectivity index (χ1n) is 4.90. The number of nitrogens with zero attached hydrogens (tertiary/aromatic N) is 3. The molecule has 1 aliphatic heterocycles. The maximum Gasteiger partial charge on any atom is 0.328 e. The highest BCUT2D eigenvalue weighted by Gasteiger charge is 2.35. The van der Waals surface area contributed by atoms with Gasteiger partial charge in [0, 0.05) is 11.9 Å². The lowest BCUT2D eigenvalue weighted by molar-refractivity contribution is -0.145. The molecule has 0 N–H and O–H groups in total. The number of esters is 1. The van der Waals surface area contributed by atoms with Gasteiger partial charge in [-0.3, -0.25) is 4.79 Å². The molecule has 6 nitrogen and oxygen atoms in total. The van der Waals surface area contributed by atoms with Gasteiger partial charge in [0.2, 0.25) is 0 Å². The fraction of sp³-hybridized carbons (Fsp3) is 0.556. The molecule has 1 saturated heterocycles. The molecule has 0 saturated carbocycles. The van der Waals surface area contributed by atoms with E-state index in [1.807, 2.05) is 0 Å². The maximum absolute atomic E-state index is 12.0. The molecule has 0 radical (unpaired) electrons. The number of aromatic nitrogens is 2. The van der Waals surface area contributed by atoms with Gasteiger partial charge in [0.15, 0.2) is 5.69 Å². The van der Waals surface area contributed by atoms with Crippen molar-refractivity contribution in [3.63, 3.8) is 0 Å². The molecule has 2 heterocycles. The number of likely N-dealkylation sites (tertiary alicyclic amines) is 1. The van der Waals surface area contributed by atoms with Gasteiger partial charge in [-0.1, -0.05) is 4.49 Å². The molecule has 1 aromatic rings. The monoisotopic (exact) mass is 241 g/mol. The van der Waals surface area contributed by atoms with Crippen LogP contribution in [0.4, 0.5) is 0 Å². The van der Waals surface area contributed by atoms with Crippen LogP contribution in [0.5, 0.6) is 0 Å². The molecule has 2 rings (SSSR count). The van der Waals surface area contributed by atoms with Gasteiger partial charge in [-0.2, -0.15) is 0 Å². The van der Waals surface area contributed by atoms with Crippen molar-refractivity contribution >= 4 is 23.4 Å². The van der Waals surface area contributed by atoms with Crippen molar-refractivity contribution < 1.29 is 14.3 Å². The molecule has 86 valence electrons. The van der Waals surface area contributed by atoms with Crippen LogP contribution in [0.3, 0.4) is 0 Å². The number of carbonyl (C=O) groups is 2. The Morgan fingerprint density at radius 3 is 3.06 bits per heavy atom. The first kappa shape index (κ1) is 11.0. The number of rotatable bonds is 2. The summed E-state index contributed by atoms with van der Waals surface area (Å²) >= 11 is 1.12. The third-order valence-electron chi connectivity index (χ3n) is 2.57. The van der Waals surface area contributed by atoms with Gasteiger partial charge < -0.3 is 9.64 Å². The SMILES string of the molecule is COC(=O)C1CCCN1C(=O)c1csnn1. The summed E-state index contributed by atoms with van der Waals surface area (Å²) in [7, 11) is 1.33. The summed E-state index contributed by atoms with van der Waals surface area (Å²) in [6.45, 7) is 0.566. The van der Waals surface area contributed by atoms with Gasteiger partial charge in [-0.05, 0) is 24.4 Å².